The van der Waals surface area contributed by atoms with Crippen LogP contribution in [0.15, 0.2) is 44.8 Å². The lowest BCUT2D eigenvalue weighted by Gasteiger charge is -2.06. The van der Waals surface area contributed by atoms with Gasteiger partial charge in [-0.3, -0.25) is 4.79 Å². The number of nitriles is 1. The van der Waals surface area contributed by atoms with E-state index in [4.69, 9.17) is 9.15 Å². The smallest absolute Gasteiger partial charge is 0.266 e. The number of ether oxygens (including phenoxy) is 1. The number of hydrogen-bond donors (Lipinski definition) is 1. The average molecular weight is 487 g/mol. The molecule has 0 fully saturated rings. The number of benzene rings is 1. The molecule has 2 rings (SSSR count). The fraction of sp³-hybridized carbons (Fsp3) is 0.125. The van der Waals surface area contributed by atoms with Crippen molar-refractivity contribution >= 4 is 56.2 Å². The number of rotatable bonds is 5. The Kier molecular flexibility index (Phi) is 6.24. The standard InChI is InChI=1S/C16H12BrIN2O3/c1-2-22-12-5-3-11(4-6-12)20-16(21)10(9-19)7-13-8-14(17)15(18)23-13/h3-8H,2H2,1H3,(H,20,21)/b10-7-. The van der Waals surface area contributed by atoms with E-state index in [0.717, 1.165) is 10.2 Å². The van der Waals surface area contributed by atoms with Crippen LogP contribution in [0.25, 0.3) is 6.08 Å². The zero-order chi connectivity index (χ0) is 16.8. The van der Waals surface area contributed by atoms with Crippen LogP contribution in [-0.4, -0.2) is 12.5 Å². The van der Waals surface area contributed by atoms with E-state index in [0.29, 0.717) is 21.8 Å². The van der Waals surface area contributed by atoms with E-state index in [2.05, 4.69) is 21.2 Å². The third-order valence-corrected chi connectivity index (χ3v) is 4.87. The van der Waals surface area contributed by atoms with E-state index in [1.807, 2.05) is 35.6 Å². The van der Waals surface area contributed by atoms with Crippen molar-refractivity contribution < 1.29 is 13.9 Å². The molecule has 0 aliphatic carbocycles. The van der Waals surface area contributed by atoms with Crippen LogP contribution in [0.1, 0.15) is 12.7 Å². The van der Waals surface area contributed by atoms with Crippen molar-refractivity contribution in [2.45, 2.75) is 6.92 Å². The van der Waals surface area contributed by atoms with Gasteiger partial charge in [0.05, 0.1) is 11.1 Å². The Labute approximate surface area is 155 Å². The molecule has 7 heteroatoms. The van der Waals surface area contributed by atoms with Gasteiger partial charge in [0.25, 0.3) is 5.91 Å². The number of carbonyl (C=O) groups is 1. The molecule has 118 valence electrons. The second-order valence-corrected chi connectivity index (χ2v) is 6.19. The molecule has 5 nitrogen and oxygen atoms in total. The van der Waals surface area contributed by atoms with Gasteiger partial charge in [-0.05, 0) is 53.2 Å². The van der Waals surface area contributed by atoms with Crippen molar-refractivity contribution in [1.82, 2.24) is 0 Å². The summed E-state index contributed by atoms with van der Waals surface area (Å²) < 4.78 is 12.2. The Balaban J connectivity index is 2.12. The van der Waals surface area contributed by atoms with Crippen LogP contribution in [0.5, 0.6) is 5.75 Å². The van der Waals surface area contributed by atoms with E-state index in [-0.39, 0.29) is 5.57 Å². The highest BCUT2D eigenvalue weighted by Gasteiger charge is 2.12. The van der Waals surface area contributed by atoms with Crippen molar-refractivity contribution in [3.63, 3.8) is 0 Å². The molecule has 0 saturated heterocycles. The molecule has 1 aromatic carbocycles. The maximum absolute atomic E-state index is 12.2. The SMILES string of the molecule is CCOc1ccc(NC(=O)/C(C#N)=C\c2cc(Br)c(I)o2)cc1. The third kappa shape index (κ3) is 4.84. The average Bonchev–Trinajstić information content (AvgIpc) is 2.85. The Bertz CT molecular complexity index is 756. The monoisotopic (exact) mass is 486 g/mol. The summed E-state index contributed by atoms with van der Waals surface area (Å²) >= 11 is 5.32. The molecule has 0 aliphatic rings. The van der Waals surface area contributed by atoms with Gasteiger partial charge in [0.1, 0.15) is 23.2 Å². The van der Waals surface area contributed by atoms with Crippen molar-refractivity contribution in [2.75, 3.05) is 11.9 Å². The Morgan fingerprint density at radius 2 is 2.17 bits per heavy atom. The van der Waals surface area contributed by atoms with Gasteiger partial charge in [0.2, 0.25) is 0 Å². The summed E-state index contributed by atoms with van der Waals surface area (Å²) in [5.74, 6) is 0.649. The highest BCUT2D eigenvalue weighted by atomic mass is 127. The molecule has 0 atom stereocenters. The summed E-state index contributed by atoms with van der Waals surface area (Å²) in [6.07, 6.45) is 1.40. The third-order valence-electron chi connectivity index (χ3n) is 2.74. The van der Waals surface area contributed by atoms with Gasteiger partial charge >= 0.3 is 0 Å². The number of halogens is 2. The molecule has 23 heavy (non-hydrogen) atoms. The molecule has 0 aliphatic heterocycles. The van der Waals surface area contributed by atoms with Crippen LogP contribution in [-0.2, 0) is 4.79 Å². The lowest BCUT2D eigenvalue weighted by atomic mass is 10.2. The predicted molar refractivity (Wildman–Crippen MR) is 99.0 cm³/mol. The van der Waals surface area contributed by atoms with E-state index < -0.39 is 5.91 Å². The summed E-state index contributed by atoms with van der Waals surface area (Å²) in [7, 11) is 0. The van der Waals surface area contributed by atoms with E-state index in [9.17, 15) is 10.1 Å². The second-order valence-electron chi connectivity index (χ2n) is 4.35. The predicted octanol–water partition coefficient (Wildman–Crippen LogP) is 4.59. The Morgan fingerprint density at radius 1 is 1.48 bits per heavy atom. The molecule has 0 unspecified atom stereocenters. The number of furan rings is 1. The summed E-state index contributed by atoms with van der Waals surface area (Å²) in [6, 6.07) is 10.5. The minimum Gasteiger partial charge on any atom is -0.494 e. The van der Waals surface area contributed by atoms with Crippen molar-refractivity contribution in [1.29, 1.82) is 5.26 Å². The van der Waals surface area contributed by atoms with Crippen molar-refractivity contribution in [3.8, 4) is 11.8 Å². The Morgan fingerprint density at radius 3 is 2.70 bits per heavy atom. The highest BCUT2D eigenvalue weighted by Crippen LogP contribution is 2.25. The molecule has 1 amide bonds. The van der Waals surface area contributed by atoms with Gasteiger partial charge in [0, 0.05) is 34.4 Å². The molecule has 0 bridgehead atoms. The maximum atomic E-state index is 12.2. The molecule has 0 radical (unpaired) electrons. The van der Waals surface area contributed by atoms with Crippen LogP contribution < -0.4 is 10.1 Å². The van der Waals surface area contributed by atoms with E-state index in [1.54, 1.807) is 30.3 Å². The fourth-order valence-corrected chi connectivity index (χ4v) is 2.44. The lowest BCUT2D eigenvalue weighted by Crippen LogP contribution is -2.13. The zero-order valence-electron chi connectivity index (χ0n) is 12.1. The molecule has 0 spiro atoms. The number of anilines is 1. The van der Waals surface area contributed by atoms with Gasteiger partial charge in [0.15, 0.2) is 3.77 Å². The molecule has 1 heterocycles. The molecule has 1 N–H and O–H groups in total. The number of nitrogens with zero attached hydrogens (tertiary/aromatic N) is 1. The second kappa shape index (κ2) is 8.17. The van der Waals surface area contributed by atoms with Gasteiger partial charge in [-0.25, -0.2) is 0 Å². The first-order chi connectivity index (χ1) is 11.0. The summed E-state index contributed by atoms with van der Waals surface area (Å²) in [5.41, 5.74) is 0.534. The molecule has 1 aromatic heterocycles. The largest absolute Gasteiger partial charge is 0.494 e. The number of amides is 1. The van der Waals surface area contributed by atoms with Crippen molar-refractivity contribution in [3.05, 3.63) is 49.9 Å². The first kappa shape index (κ1) is 17.6. The Hall–Kier alpha value is -1.79. The van der Waals surface area contributed by atoms with Gasteiger partial charge in [-0.2, -0.15) is 5.26 Å². The minimum absolute atomic E-state index is 0.0449. The van der Waals surface area contributed by atoms with Crippen molar-refractivity contribution in [2.24, 2.45) is 0 Å². The van der Waals surface area contributed by atoms with E-state index >= 15 is 0 Å². The highest BCUT2D eigenvalue weighted by molar-refractivity contribution is 14.1. The van der Waals surface area contributed by atoms with Crippen LogP contribution in [0.4, 0.5) is 5.69 Å². The summed E-state index contributed by atoms with van der Waals surface area (Å²) in [5, 5.41) is 11.8. The molecule has 2 aromatic rings. The number of carbonyl (C=O) groups excluding carboxylic acids is 1. The molecule has 0 saturated carbocycles. The number of hydrogen-bond acceptors (Lipinski definition) is 4. The first-order valence-electron chi connectivity index (χ1n) is 6.64. The van der Waals surface area contributed by atoms with Crippen LogP contribution in [0, 0.1) is 15.1 Å². The van der Waals surface area contributed by atoms with Crippen LogP contribution >= 0.6 is 38.5 Å². The maximum Gasteiger partial charge on any atom is 0.266 e. The quantitative estimate of drug-likeness (QED) is 0.381. The van der Waals surface area contributed by atoms with E-state index in [1.165, 1.54) is 6.08 Å². The fourth-order valence-electron chi connectivity index (χ4n) is 1.72. The first-order valence-corrected chi connectivity index (χ1v) is 8.51. The van der Waals surface area contributed by atoms with Gasteiger partial charge in [-0.15, -0.1) is 0 Å². The molecular formula is C16H12BrIN2O3. The normalized spacial score (nSPS) is 11.0. The number of nitrogens with one attached hydrogen (secondary N) is 1. The summed E-state index contributed by atoms with van der Waals surface area (Å²) in [6.45, 7) is 2.47. The lowest BCUT2D eigenvalue weighted by molar-refractivity contribution is -0.112. The van der Waals surface area contributed by atoms with Crippen LogP contribution in [0.3, 0.4) is 0 Å². The minimum atomic E-state index is -0.501. The summed E-state index contributed by atoms with van der Waals surface area (Å²) in [4.78, 5) is 12.2. The van der Waals surface area contributed by atoms with Gasteiger partial charge in [-0.1, -0.05) is 0 Å². The molecular weight excluding hydrogens is 475 g/mol. The van der Waals surface area contributed by atoms with Crippen LogP contribution in [0.2, 0.25) is 0 Å². The zero-order valence-corrected chi connectivity index (χ0v) is 15.8. The van der Waals surface area contributed by atoms with Gasteiger partial charge < -0.3 is 14.5 Å². The topological polar surface area (TPSA) is 75.3 Å².